The van der Waals surface area contributed by atoms with Gasteiger partial charge in [-0.25, -0.2) is 0 Å². The monoisotopic (exact) mass is 220 g/mol. The molecule has 0 saturated heterocycles. The van der Waals surface area contributed by atoms with E-state index in [-0.39, 0.29) is 0 Å². The summed E-state index contributed by atoms with van der Waals surface area (Å²) in [6, 6.07) is 8.80. The van der Waals surface area contributed by atoms with Crippen molar-refractivity contribution in [1.82, 2.24) is 0 Å². The zero-order valence-electron chi connectivity index (χ0n) is 11.9. The molecule has 0 aromatic heterocycles. The zero-order valence-corrected chi connectivity index (χ0v) is 11.9. The molecule has 0 atom stereocenters. The van der Waals surface area contributed by atoms with E-state index in [1.54, 1.807) is 11.1 Å². The van der Waals surface area contributed by atoms with Gasteiger partial charge in [0, 0.05) is 0 Å². The van der Waals surface area contributed by atoms with Crippen LogP contribution in [0.4, 0.5) is 0 Å². The molecule has 1 aliphatic rings. The molecule has 0 heteroatoms. The first kappa shape index (κ1) is 15.2. The zero-order chi connectivity index (χ0) is 12.6. The van der Waals surface area contributed by atoms with Gasteiger partial charge in [-0.3, -0.25) is 0 Å². The van der Waals surface area contributed by atoms with Gasteiger partial charge < -0.3 is 0 Å². The van der Waals surface area contributed by atoms with Gasteiger partial charge in [0.1, 0.15) is 0 Å². The van der Waals surface area contributed by atoms with Crippen molar-refractivity contribution < 1.29 is 0 Å². The third kappa shape index (κ3) is 4.00. The predicted molar refractivity (Wildman–Crippen MR) is 75.1 cm³/mol. The highest BCUT2D eigenvalue weighted by Gasteiger charge is 2.28. The smallest absolute Gasteiger partial charge is 0.00977 e. The lowest BCUT2D eigenvalue weighted by Gasteiger charge is -2.18. The predicted octanol–water partition coefficient (Wildman–Crippen LogP) is 5.35. The van der Waals surface area contributed by atoms with Crippen LogP contribution in [-0.4, -0.2) is 0 Å². The molecule has 0 amide bonds. The average Bonchev–Trinajstić information content (AvgIpc) is 2.60. The van der Waals surface area contributed by atoms with E-state index in [0.717, 1.165) is 0 Å². The Hall–Kier alpha value is -0.780. The first-order valence-electron chi connectivity index (χ1n) is 6.70. The molecule has 0 heterocycles. The van der Waals surface area contributed by atoms with Gasteiger partial charge in [-0.15, -0.1) is 0 Å². The van der Waals surface area contributed by atoms with E-state index in [9.17, 15) is 0 Å². The van der Waals surface area contributed by atoms with Crippen LogP contribution < -0.4 is 0 Å². The van der Waals surface area contributed by atoms with Crippen LogP contribution in [-0.2, 0) is 11.8 Å². The molecule has 0 fully saturated rings. The molecule has 0 nitrogen and oxygen atoms in total. The third-order valence-corrected chi connectivity index (χ3v) is 2.77. The lowest BCUT2D eigenvalue weighted by Crippen LogP contribution is -2.11. The van der Waals surface area contributed by atoms with Crippen molar-refractivity contribution in [1.29, 1.82) is 0 Å². The number of fused-ring (bicyclic) bond motifs is 1. The maximum atomic E-state index is 2.33. The summed E-state index contributed by atoms with van der Waals surface area (Å²) < 4.78 is 0. The summed E-state index contributed by atoms with van der Waals surface area (Å²) in [7, 11) is 0. The Kier molecular flexibility index (Phi) is 7.12. The summed E-state index contributed by atoms with van der Waals surface area (Å²) in [6.45, 7) is 12.9. The van der Waals surface area contributed by atoms with E-state index in [1.807, 2.05) is 13.8 Å². The molecule has 1 aliphatic carbocycles. The number of aryl methyl sites for hydroxylation is 1. The van der Waals surface area contributed by atoms with E-state index in [1.165, 1.54) is 19.3 Å². The fourth-order valence-corrected chi connectivity index (χ4v) is 1.98. The van der Waals surface area contributed by atoms with Gasteiger partial charge in [-0.05, 0) is 29.4 Å². The van der Waals surface area contributed by atoms with E-state index in [2.05, 4.69) is 52.0 Å². The lowest BCUT2D eigenvalue weighted by molar-refractivity contribution is 0.522. The fourth-order valence-electron chi connectivity index (χ4n) is 1.98. The van der Waals surface area contributed by atoms with E-state index >= 15 is 0 Å². The van der Waals surface area contributed by atoms with Crippen LogP contribution >= 0.6 is 0 Å². The van der Waals surface area contributed by atoms with Gasteiger partial charge in [0.2, 0.25) is 0 Å². The summed E-state index contributed by atoms with van der Waals surface area (Å²) in [4.78, 5) is 0. The van der Waals surface area contributed by atoms with Crippen molar-refractivity contribution >= 4 is 0 Å². The largest absolute Gasteiger partial charge is 0.0683 e. The highest BCUT2D eigenvalue weighted by atomic mass is 14.3. The molecule has 0 radical (unpaired) electrons. The van der Waals surface area contributed by atoms with Crippen molar-refractivity contribution in [2.24, 2.45) is 0 Å². The minimum Gasteiger partial charge on any atom is -0.0683 e. The van der Waals surface area contributed by atoms with Crippen LogP contribution in [0.5, 0.6) is 0 Å². The van der Waals surface area contributed by atoms with Crippen LogP contribution in [0.25, 0.3) is 0 Å². The standard InChI is InChI=1S/C11H14.C3H8.C2H6/c1-11(2)8-7-9-5-3-4-6-10(9)11;1-3-2;1-2/h3-6H,7-8H2,1-2H3;3H2,1-2H3;1-2H3. The topological polar surface area (TPSA) is 0 Å². The van der Waals surface area contributed by atoms with Gasteiger partial charge in [0.15, 0.2) is 0 Å². The summed E-state index contributed by atoms with van der Waals surface area (Å²) >= 11 is 0. The molecular weight excluding hydrogens is 192 g/mol. The number of hydrogen-bond donors (Lipinski definition) is 0. The van der Waals surface area contributed by atoms with Gasteiger partial charge in [-0.2, -0.15) is 0 Å². The van der Waals surface area contributed by atoms with Crippen molar-refractivity contribution in [3.8, 4) is 0 Å². The minimum atomic E-state index is 0.427. The molecule has 0 unspecified atom stereocenters. The summed E-state index contributed by atoms with van der Waals surface area (Å²) in [5, 5.41) is 0. The first-order valence-corrected chi connectivity index (χ1v) is 6.70. The number of benzene rings is 1. The second-order valence-electron chi connectivity index (χ2n) is 4.75. The molecule has 1 aromatic carbocycles. The second-order valence-corrected chi connectivity index (χ2v) is 4.75. The van der Waals surface area contributed by atoms with Crippen LogP contribution in [0.2, 0.25) is 0 Å². The lowest BCUT2D eigenvalue weighted by atomic mass is 9.87. The van der Waals surface area contributed by atoms with Crippen molar-refractivity contribution in [2.75, 3.05) is 0 Å². The normalized spacial score (nSPS) is 15.1. The van der Waals surface area contributed by atoms with Crippen LogP contribution in [0.1, 0.15) is 65.5 Å². The molecule has 0 saturated carbocycles. The molecule has 0 spiro atoms. The average molecular weight is 220 g/mol. The Morgan fingerprint density at radius 1 is 1.06 bits per heavy atom. The molecule has 16 heavy (non-hydrogen) atoms. The quantitative estimate of drug-likeness (QED) is 0.552. The highest BCUT2D eigenvalue weighted by molar-refractivity contribution is 5.37. The van der Waals surface area contributed by atoms with Crippen molar-refractivity contribution in [3.05, 3.63) is 35.4 Å². The Morgan fingerprint density at radius 3 is 2.06 bits per heavy atom. The third-order valence-electron chi connectivity index (χ3n) is 2.77. The van der Waals surface area contributed by atoms with Crippen LogP contribution in [0.15, 0.2) is 24.3 Å². The molecule has 0 bridgehead atoms. The Labute approximate surface area is 102 Å². The molecular formula is C16H28. The number of rotatable bonds is 0. The molecule has 0 N–H and O–H groups in total. The first-order chi connectivity index (χ1) is 7.61. The van der Waals surface area contributed by atoms with Gasteiger partial charge >= 0.3 is 0 Å². The van der Waals surface area contributed by atoms with Crippen LogP contribution in [0.3, 0.4) is 0 Å². The fraction of sp³-hybridized carbons (Fsp3) is 0.625. The Morgan fingerprint density at radius 2 is 1.56 bits per heavy atom. The number of hydrogen-bond acceptors (Lipinski definition) is 0. The second kappa shape index (κ2) is 7.49. The molecule has 0 aliphatic heterocycles. The molecule has 1 aromatic rings. The Bertz CT molecular complexity index is 284. The summed E-state index contributed by atoms with van der Waals surface area (Å²) in [5.41, 5.74) is 3.54. The van der Waals surface area contributed by atoms with E-state index in [4.69, 9.17) is 0 Å². The van der Waals surface area contributed by atoms with Gasteiger partial charge in [-0.1, -0.05) is 72.2 Å². The maximum absolute atomic E-state index is 2.33. The molecule has 2 rings (SSSR count). The van der Waals surface area contributed by atoms with E-state index < -0.39 is 0 Å². The van der Waals surface area contributed by atoms with Gasteiger partial charge in [0.25, 0.3) is 0 Å². The maximum Gasteiger partial charge on any atom is -0.00977 e. The van der Waals surface area contributed by atoms with Crippen molar-refractivity contribution in [3.63, 3.8) is 0 Å². The van der Waals surface area contributed by atoms with Crippen molar-refractivity contribution in [2.45, 2.75) is 66.2 Å². The summed E-state index contributed by atoms with van der Waals surface area (Å²) in [5.74, 6) is 0. The minimum absolute atomic E-state index is 0.427. The SMILES string of the molecule is CC.CC1(C)CCc2ccccc21.CCC. The van der Waals surface area contributed by atoms with Gasteiger partial charge in [0.05, 0.1) is 0 Å². The summed E-state index contributed by atoms with van der Waals surface area (Å²) in [6.07, 6.45) is 3.83. The molecule has 92 valence electrons. The van der Waals surface area contributed by atoms with Crippen LogP contribution in [0, 0.1) is 0 Å². The Balaban J connectivity index is 0.000000394. The highest BCUT2D eigenvalue weighted by Crippen LogP contribution is 2.37. The van der Waals surface area contributed by atoms with E-state index in [0.29, 0.717) is 5.41 Å².